The number of fused-ring (bicyclic) bond motifs is 1. The molecule has 0 unspecified atom stereocenters. The molecule has 0 aliphatic heterocycles. The Kier molecular flexibility index (Phi) is 4.70. The summed E-state index contributed by atoms with van der Waals surface area (Å²) >= 11 is 0. The van der Waals surface area contributed by atoms with E-state index in [4.69, 9.17) is 9.15 Å². The van der Waals surface area contributed by atoms with Gasteiger partial charge in [-0.15, -0.1) is 0 Å². The lowest BCUT2D eigenvalue weighted by Crippen LogP contribution is -2.19. The molecule has 0 N–H and O–H groups in total. The maximum atomic E-state index is 12.4. The highest BCUT2D eigenvalue weighted by molar-refractivity contribution is 6.41. The smallest absolute Gasteiger partial charge is 0.380 e. The number of nitrogens with zero attached hydrogens (tertiary/aromatic N) is 2. The summed E-state index contributed by atoms with van der Waals surface area (Å²) < 4.78 is 12.0. The Hall–Kier alpha value is -3.22. The number of hydrogen-bond acceptors (Lipinski definition) is 6. The minimum atomic E-state index is -0.987. The summed E-state index contributed by atoms with van der Waals surface area (Å²) in [5.41, 5.74) is 3.54. The van der Waals surface area contributed by atoms with Crippen molar-refractivity contribution in [2.75, 3.05) is 0 Å². The van der Waals surface area contributed by atoms with Gasteiger partial charge < -0.3 is 9.15 Å². The van der Waals surface area contributed by atoms with Gasteiger partial charge in [-0.1, -0.05) is 12.1 Å². The largest absolute Gasteiger partial charge is 0.455 e. The lowest BCUT2D eigenvalue weighted by Gasteiger charge is -2.09. The average Bonchev–Trinajstić information content (AvgIpc) is 2.87. The summed E-state index contributed by atoms with van der Waals surface area (Å²) in [4.78, 5) is 36.6. The van der Waals surface area contributed by atoms with Gasteiger partial charge in [0.2, 0.25) is 0 Å². The molecule has 0 fully saturated rings. The summed E-state index contributed by atoms with van der Waals surface area (Å²) in [6.07, 6.45) is 0. The van der Waals surface area contributed by atoms with Gasteiger partial charge in [-0.25, -0.2) is 9.59 Å². The van der Waals surface area contributed by atoms with Crippen molar-refractivity contribution >= 4 is 22.7 Å². The molecule has 0 spiro atoms. The maximum absolute atomic E-state index is 12.4. The Labute approximate surface area is 155 Å². The van der Waals surface area contributed by atoms with Crippen LogP contribution in [0.1, 0.15) is 38.4 Å². The van der Waals surface area contributed by atoms with Crippen LogP contribution in [0.15, 0.2) is 27.4 Å². The van der Waals surface area contributed by atoms with Crippen molar-refractivity contribution in [2.24, 2.45) is 7.05 Å². The van der Waals surface area contributed by atoms with Crippen molar-refractivity contribution in [3.63, 3.8) is 0 Å². The fourth-order valence-corrected chi connectivity index (χ4v) is 3.06. The van der Waals surface area contributed by atoms with Crippen LogP contribution >= 0.6 is 0 Å². The lowest BCUT2D eigenvalue weighted by atomic mass is 10.0. The molecule has 27 heavy (non-hydrogen) atoms. The van der Waals surface area contributed by atoms with Gasteiger partial charge in [-0.2, -0.15) is 5.10 Å². The van der Waals surface area contributed by atoms with Gasteiger partial charge in [0.15, 0.2) is 0 Å². The van der Waals surface area contributed by atoms with Crippen molar-refractivity contribution in [3.05, 3.63) is 62.3 Å². The first-order valence-electron chi connectivity index (χ1n) is 8.45. The number of aryl methyl sites for hydroxylation is 4. The van der Waals surface area contributed by atoms with E-state index in [0.29, 0.717) is 27.9 Å². The second-order valence-electron chi connectivity index (χ2n) is 6.55. The predicted molar refractivity (Wildman–Crippen MR) is 98.8 cm³/mol. The third kappa shape index (κ3) is 3.28. The molecule has 0 saturated carbocycles. The quantitative estimate of drug-likeness (QED) is 0.304. The number of hydrogen-bond donors (Lipinski definition) is 0. The van der Waals surface area contributed by atoms with Gasteiger partial charge in [0.1, 0.15) is 12.2 Å². The standard InChI is InChI=1S/C20H20N2O5/c1-10-6-7-15-14(8-16(23)27-19(15)11(10)2)9-26-20(25)18(24)17-12(3)21-22(5)13(17)4/h6-8H,9H2,1-5H3. The number of carbonyl (C=O) groups excluding carboxylic acids is 2. The molecule has 0 saturated heterocycles. The van der Waals surface area contributed by atoms with E-state index >= 15 is 0 Å². The molecule has 2 heterocycles. The molecule has 3 aromatic rings. The van der Waals surface area contributed by atoms with Crippen LogP contribution in [0, 0.1) is 27.7 Å². The van der Waals surface area contributed by atoms with E-state index in [1.807, 2.05) is 19.9 Å². The number of ether oxygens (including phenoxy) is 1. The second-order valence-corrected chi connectivity index (χ2v) is 6.55. The number of Topliss-reactive ketones (excluding diaryl/α,β-unsaturated/α-hetero) is 1. The van der Waals surface area contributed by atoms with E-state index in [1.165, 1.54) is 10.7 Å². The van der Waals surface area contributed by atoms with Crippen molar-refractivity contribution in [1.29, 1.82) is 0 Å². The summed E-state index contributed by atoms with van der Waals surface area (Å²) in [5, 5.41) is 4.81. The molecular formula is C20H20N2O5. The van der Waals surface area contributed by atoms with Crippen LogP contribution in [0.2, 0.25) is 0 Å². The third-order valence-corrected chi connectivity index (χ3v) is 4.80. The molecule has 0 aliphatic carbocycles. The molecule has 0 amide bonds. The zero-order valence-electron chi connectivity index (χ0n) is 15.9. The Morgan fingerprint density at radius 3 is 2.52 bits per heavy atom. The van der Waals surface area contributed by atoms with Crippen LogP contribution in [0.3, 0.4) is 0 Å². The minimum Gasteiger partial charge on any atom is -0.455 e. The van der Waals surface area contributed by atoms with Crippen LogP contribution in [0.25, 0.3) is 11.0 Å². The van der Waals surface area contributed by atoms with Crippen LogP contribution < -0.4 is 5.63 Å². The summed E-state index contributed by atoms with van der Waals surface area (Å²) in [7, 11) is 1.70. The van der Waals surface area contributed by atoms with E-state index in [9.17, 15) is 14.4 Å². The third-order valence-electron chi connectivity index (χ3n) is 4.80. The Bertz CT molecular complexity index is 1140. The number of carbonyl (C=O) groups is 2. The lowest BCUT2D eigenvalue weighted by molar-refractivity contribution is -0.139. The van der Waals surface area contributed by atoms with Crippen LogP contribution in [-0.4, -0.2) is 21.5 Å². The fraction of sp³-hybridized carbons (Fsp3) is 0.300. The number of rotatable bonds is 4. The first kappa shape index (κ1) is 18.6. The molecule has 0 atom stereocenters. The molecule has 0 bridgehead atoms. The minimum absolute atomic E-state index is 0.201. The maximum Gasteiger partial charge on any atom is 0.380 e. The molecule has 3 rings (SSSR count). The first-order chi connectivity index (χ1) is 12.7. The van der Waals surface area contributed by atoms with E-state index in [0.717, 1.165) is 11.1 Å². The molecule has 1 aromatic carbocycles. The highest BCUT2D eigenvalue weighted by Crippen LogP contribution is 2.24. The van der Waals surface area contributed by atoms with Crippen molar-refractivity contribution in [3.8, 4) is 0 Å². The van der Waals surface area contributed by atoms with Crippen LogP contribution in [0.4, 0.5) is 0 Å². The number of benzene rings is 1. The Morgan fingerprint density at radius 2 is 1.89 bits per heavy atom. The van der Waals surface area contributed by atoms with Crippen molar-refractivity contribution in [2.45, 2.75) is 34.3 Å². The second kappa shape index (κ2) is 6.83. The molecule has 0 aliphatic rings. The van der Waals surface area contributed by atoms with E-state index < -0.39 is 17.4 Å². The normalized spacial score (nSPS) is 11.0. The van der Waals surface area contributed by atoms with Crippen LogP contribution in [0.5, 0.6) is 0 Å². The number of aromatic nitrogens is 2. The Balaban J connectivity index is 1.89. The molecule has 140 valence electrons. The van der Waals surface area contributed by atoms with Crippen molar-refractivity contribution < 1.29 is 18.7 Å². The van der Waals surface area contributed by atoms with Gasteiger partial charge in [-0.05, 0) is 38.8 Å². The molecule has 7 heteroatoms. The monoisotopic (exact) mass is 368 g/mol. The first-order valence-corrected chi connectivity index (χ1v) is 8.45. The predicted octanol–water partition coefficient (Wildman–Crippen LogP) is 2.69. The number of esters is 1. The fourth-order valence-electron chi connectivity index (χ4n) is 3.06. The summed E-state index contributed by atoms with van der Waals surface area (Å²) in [6.45, 7) is 6.94. The molecular weight excluding hydrogens is 348 g/mol. The Morgan fingerprint density at radius 1 is 1.19 bits per heavy atom. The summed E-state index contributed by atoms with van der Waals surface area (Å²) in [6, 6.07) is 4.98. The molecule has 2 aromatic heterocycles. The van der Waals surface area contributed by atoms with E-state index in [2.05, 4.69) is 5.10 Å². The van der Waals surface area contributed by atoms with Gasteiger partial charge >= 0.3 is 11.6 Å². The zero-order valence-corrected chi connectivity index (χ0v) is 15.9. The molecule has 7 nitrogen and oxygen atoms in total. The van der Waals surface area contributed by atoms with E-state index in [-0.39, 0.29) is 12.2 Å². The van der Waals surface area contributed by atoms with Gasteiger partial charge in [0, 0.05) is 29.8 Å². The van der Waals surface area contributed by atoms with Gasteiger partial charge in [0.05, 0.1) is 11.3 Å². The van der Waals surface area contributed by atoms with Gasteiger partial charge in [0.25, 0.3) is 5.78 Å². The van der Waals surface area contributed by atoms with Crippen LogP contribution in [-0.2, 0) is 23.2 Å². The number of ketones is 1. The highest BCUT2D eigenvalue weighted by atomic mass is 16.5. The zero-order chi connectivity index (χ0) is 19.9. The summed E-state index contributed by atoms with van der Waals surface area (Å²) in [5.74, 6) is -1.74. The topological polar surface area (TPSA) is 91.4 Å². The SMILES string of the molecule is Cc1ccc2c(COC(=O)C(=O)c3c(C)nn(C)c3C)cc(=O)oc2c1C. The van der Waals surface area contributed by atoms with Crippen molar-refractivity contribution in [1.82, 2.24) is 9.78 Å². The average molecular weight is 368 g/mol. The van der Waals surface area contributed by atoms with E-state index in [1.54, 1.807) is 27.0 Å². The molecule has 0 radical (unpaired) electrons. The van der Waals surface area contributed by atoms with Gasteiger partial charge in [-0.3, -0.25) is 9.48 Å². The highest BCUT2D eigenvalue weighted by Gasteiger charge is 2.25.